The first-order chi connectivity index (χ1) is 5.91. The van der Waals surface area contributed by atoms with Crippen LogP contribution in [0.2, 0.25) is 52.4 Å². The van der Waals surface area contributed by atoms with Crippen LogP contribution >= 0.6 is 0 Å². The maximum absolute atomic E-state index is 5.97. The molecule has 0 atom stereocenters. The molecule has 0 spiro atoms. The highest BCUT2D eigenvalue weighted by Gasteiger charge is 2.34. The second-order valence-electron chi connectivity index (χ2n) is 5.89. The Bertz CT molecular complexity index is 181. The molecule has 0 unspecified atom stereocenters. The molecule has 0 aliphatic heterocycles. The lowest BCUT2D eigenvalue weighted by Gasteiger charge is -2.31. The van der Waals surface area contributed by atoms with Gasteiger partial charge >= 0.3 is 8.56 Å². The zero-order chi connectivity index (χ0) is 11.6. The Balaban J connectivity index is 4.09. The summed E-state index contributed by atoms with van der Waals surface area (Å²) in [5.41, 5.74) is 0. The predicted molar refractivity (Wildman–Crippen MR) is 67.4 cm³/mol. The van der Waals surface area contributed by atoms with Crippen LogP contribution in [0.5, 0.6) is 0 Å². The van der Waals surface area contributed by atoms with Gasteiger partial charge in [-0.25, -0.2) is 0 Å². The van der Waals surface area contributed by atoms with Crippen LogP contribution in [-0.4, -0.2) is 25.2 Å². The average molecular weight is 253 g/mol. The molecule has 0 saturated heterocycles. The molecule has 0 aromatic rings. The summed E-state index contributed by atoms with van der Waals surface area (Å²) in [7, 11) is -5.19. The lowest BCUT2D eigenvalue weighted by atomic mass is 11.8. The molecule has 0 radical (unpaired) electrons. The third kappa shape index (κ3) is 9.10. The maximum Gasteiger partial charge on any atom is 0.357 e. The van der Waals surface area contributed by atoms with Crippen LogP contribution < -0.4 is 0 Å². The van der Waals surface area contributed by atoms with Crippen molar-refractivity contribution in [3.63, 3.8) is 0 Å². The van der Waals surface area contributed by atoms with E-state index in [2.05, 4.69) is 39.3 Å². The first-order valence-electron chi connectivity index (χ1n) is 4.98. The highest BCUT2D eigenvalue weighted by atomic mass is 28.4. The molecule has 6 heteroatoms. The Kier molecular flexibility index (Phi) is 4.76. The van der Waals surface area contributed by atoms with Crippen molar-refractivity contribution < 1.29 is 13.3 Å². The van der Waals surface area contributed by atoms with E-state index in [0.717, 1.165) is 0 Å². The molecule has 14 heavy (non-hydrogen) atoms. The van der Waals surface area contributed by atoms with Crippen molar-refractivity contribution in [2.45, 2.75) is 52.4 Å². The average Bonchev–Trinajstić information content (AvgIpc) is 1.76. The normalized spacial score (nSPS) is 14.6. The van der Waals surface area contributed by atoms with E-state index >= 15 is 0 Å². The van der Waals surface area contributed by atoms with Crippen molar-refractivity contribution in [2.75, 3.05) is 0 Å². The molecule has 0 fully saturated rings. The fraction of sp³-hybridized carbons (Fsp3) is 1.00. The van der Waals surface area contributed by atoms with Gasteiger partial charge in [-0.3, -0.25) is 9.15 Å². The second kappa shape index (κ2) is 4.58. The van der Waals surface area contributed by atoms with Gasteiger partial charge < -0.3 is 4.12 Å². The minimum atomic E-state index is -2.07. The van der Waals surface area contributed by atoms with Gasteiger partial charge in [-0.1, -0.05) is 0 Å². The SMILES string of the molecule is C[Si](C)(C)OO[Si](C)(C)O[Si](C)(C)C. The molecule has 3 nitrogen and oxygen atoms in total. The van der Waals surface area contributed by atoms with E-state index in [-0.39, 0.29) is 0 Å². The highest BCUT2D eigenvalue weighted by molar-refractivity contribution is 6.81. The molecule has 0 aromatic carbocycles. The highest BCUT2D eigenvalue weighted by Crippen LogP contribution is 2.17. The van der Waals surface area contributed by atoms with Gasteiger partial charge in [0.05, 0.1) is 0 Å². The third-order valence-electron chi connectivity index (χ3n) is 1.04. The standard InChI is InChI=1S/C8H24O3Si3/c1-12(2,3)9-10-14(7,8)11-13(4,5)6/h1-8H3. The van der Waals surface area contributed by atoms with E-state index in [0.29, 0.717) is 0 Å². The van der Waals surface area contributed by atoms with Crippen LogP contribution in [0.3, 0.4) is 0 Å². The maximum atomic E-state index is 5.97. The zero-order valence-electron chi connectivity index (χ0n) is 10.7. The van der Waals surface area contributed by atoms with E-state index in [1.807, 2.05) is 13.1 Å². The summed E-state index contributed by atoms with van der Waals surface area (Å²) in [6, 6.07) is 0. The third-order valence-corrected chi connectivity index (χ3v) is 6.69. The van der Waals surface area contributed by atoms with Gasteiger partial charge in [0.25, 0.3) is 0 Å². The first kappa shape index (κ1) is 14.5. The molecular formula is C8H24O3Si3. The van der Waals surface area contributed by atoms with Gasteiger partial charge in [0.1, 0.15) is 0 Å². The Morgan fingerprint density at radius 2 is 1.00 bits per heavy atom. The van der Waals surface area contributed by atoms with Gasteiger partial charge in [0, 0.05) is 0 Å². The summed E-state index contributed by atoms with van der Waals surface area (Å²) in [4.78, 5) is 0. The Hall–Kier alpha value is 0.531. The van der Waals surface area contributed by atoms with Gasteiger partial charge in [0.2, 0.25) is 8.32 Å². The van der Waals surface area contributed by atoms with Gasteiger partial charge in [0.15, 0.2) is 8.32 Å². The van der Waals surface area contributed by atoms with Crippen LogP contribution in [0.15, 0.2) is 0 Å². The number of rotatable bonds is 5. The summed E-state index contributed by atoms with van der Waals surface area (Å²) in [6.45, 7) is 16.9. The van der Waals surface area contributed by atoms with E-state index in [1.54, 1.807) is 0 Å². The van der Waals surface area contributed by atoms with E-state index in [4.69, 9.17) is 13.3 Å². The van der Waals surface area contributed by atoms with Gasteiger partial charge in [-0.05, 0) is 52.4 Å². The Morgan fingerprint density at radius 1 is 0.571 bits per heavy atom. The van der Waals surface area contributed by atoms with Crippen LogP contribution in [0.1, 0.15) is 0 Å². The molecule has 0 N–H and O–H groups in total. The topological polar surface area (TPSA) is 27.7 Å². The van der Waals surface area contributed by atoms with Crippen LogP contribution in [0.25, 0.3) is 0 Å². The minimum absolute atomic E-state index is 1.52. The minimum Gasteiger partial charge on any atom is -0.435 e. The fourth-order valence-corrected chi connectivity index (χ4v) is 8.82. The molecule has 0 saturated carbocycles. The molecular weight excluding hydrogens is 228 g/mol. The number of hydrogen-bond donors (Lipinski definition) is 0. The molecule has 0 rings (SSSR count). The van der Waals surface area contributed by atoms with E-state index in [9.17, 15) is 0 Å². The molecule has 0 aromatic heterocycles. The van der Waals surface area contributed by atoms with Gasteiger partial charge in [-0.15, -0.1) is 0 Å². The van der Waals surface area contributed by atoms with Crippen LogP contribution in [0, 0.1) is 0 Å². The largest absolute Gasteiger partial charge is 0.435 e. The van der Waals surface area contributed by atoms with Crippen LogP contribution in [-0.2, 0) is 13.3 Å². The lowest BCUT2D eigenvalue weighted by molar-refractivity contribution is -0.137. The molecule has 0 bridgehead atoms. The van der Waals surface area contributed by atoms with Crippen molar-refractivity contribution in [3.05, 3.63) is 0 Å². The smallest absolute Gasteiger partial charge is 0.357 e. The van der Waals surface area contributed by atoms with Crippen molar-refractivity contribution in [1.82, 2.24) is 0 Å². The summed E-state index contributed by atoms with van der Waals surface area (Å²) in [6.07, 6.45) is 0. The number of hydrogen-bond acceptors (Lipinski definition) is 3. The van der Waals surface area contributed by atoms with Crippen molar-refractivity contribution in [2.24, 2.45) is 0 Å². The predicted octanol–water partition coefficient (Wildman–Crippen LogP) is 3.32. The zero-order valence-corrected chi connectivity index (χ0v) is 13.7. The molecule has 0 amide bonds. The summed E-state index contributed by atoms with van der Waals surface area (Å²) >= 11 is 0. The van der Waals surface area contributed by atoms with Crippen molar-refractivity contribution in [3.8, 4) is 0 Å². The quantitative estimate of drug-likeness (QED) is 0.427. The summed E-state index contributed by atoms with van der Waals surface area (Å²) in [5, 5.41) is 0. The molecule has 0 aliphatic rings. The van der Waals surface area contributed by atoms with Gasteiger partial charge in [-0.2, -0.15) is 0 Å². The van der Waals surface area contributed by atoms with Crippen molar-refractivity contribution in [1.29, 1.82) is 0 Å². The molecule has 0 aliphatic carbocycles. The van der Waals surface area contributed by atoms with Crippen LogP contribution in [0.4, 0.5) is 0 Å². The Labute approximate surface area is 91.2 Å². The Morgan fingerprint density at radius 3 is 1.29 bits per heavy atom. The summed E-state index contributed by atoms with van der Waals surface area (Å²) < 4.78 is 16.9. The van der Waals surface area contributed by atoms with Crippen molar-refractivity contribution >= 4 is 25.2 Å². The summed E-state index contributed by atoms with van der Waals surface area (Å²) in [5.74, 6) is 0. The second-order valence-corrected chi connectivity index (χ2v) is 18.3. The monoisotopic (exact) mass is 252 g/mol. The lowest BCUT2D eigenvalue weighted by Crippen LogP contribution is -2.46. The molecule has 0 heterocycles. The van der Waals surface area contributed by atoms with E-state index < -0.39 is 25.2 Å². The van der Waals surface area contributed by atoms with E-state index in [1.165, 1.54) is 0 Å². The molecule has 86 valence electrons. The fourth-order valence-electron chi connectivity index (χ4n) is 0.980. The first-order valence-corrected chi connectivity index (χ1v) is 14.6.